The fraction of sp³-hybridized carbons (Fsp3) is 0.353. The van der Waals surface area contributed by atoms with Crippen molar-refractivity contribution in [3.05, 3.63) is 45.9 Å². The first kappa shape index (κ1) is 18.7. The number of alkyl halides is 3. The fourth-order valence-electron chi connectivity index (χ4n) is 2.98. The van der Waals surface area contributed by atoms with E-state index in [1.165, 1.54) is 6.92 Å². The number of nitrogens with zero attached hydrogens (tertiary/aromatic N) is 4. The third kappa shape index (κ3) is 3.42. The molecule has 1 saturated heterocycles. The van der Waals surface area contributed by atoms with Crippen LogP contribution in [0.25, 0.3) is 15.3 Å². The molecule has 0 bridgehead atoms. The van der Waals surface area contributed by atoms with Gasteiger partial charge in [-0.1, -0.05) is 23.5 Å². The molecule has 7 nitrogen and oxygen atoms in total. The van der Waals surface area contributed by atoms with Crippen molar-refractivity contribution in [1.82, 2.24) is 19.8 Å². The number of halogens is 3. The Balaban J connectivity index is 1.83. The molecule has 0 spiro atoms. The first-order valence-corrected chi connectivity index (χ1v) is 9.32. The Kier molecular flexibility index (Phi) is 4.71. The molecule has 0 atom stereocenters. The van der Waals surface area contributed by atoms with Crippen LogP contribution >= 0.6 is 11.3 Å². The summed E-state index contributed by atoms with van der Waals surface area (Å²) in [6.45, 7) is 3.18. The van der Waals surface area contributed by atoms with Gasteiger partial charge < -0.3 is 4.74 Å². The van der Waals surface area contributed by atoms with E-state index < -0.39 is 23.0 Å². The maximum absolute atomic E-state index is 13.6. The number of hydrogen-bond acceptors (Lipinski definition) is 6. The van der Waals surface area contributed by atoms with Crippen molar-refractivity contribution in [2.24, 2.45) is 5.10 Å². The van der Waals surface area contributed by atoms with Crippen LogP contribution in [0.5, 0.6) is 0 Å². The van der Waals surface area contributed by atoms with Gasteiger partial charge in [-0.25, -0.2) is 4.98 Å². The van der Waals surface area contributed by atoms with Gasteiger partial charge in [0, 0.05) is 0 Å². The number of fused-ring (bicyclic) bond motifs is 1. The number of benzene rings is 1. The first-order chi connectivity index (χ1) is 13.3. The Bertz CT molecular complexity index is 1060. The zero-order valence-electron chi connectivity index (χ0n) is 14.8. The third-order valence-corrected chi connectivity index (χ3v) is 5.31. The van der Waals surface area contributed by atoms with Crippen LogP contribution in [0.3, 0.4) is 0 Å². The summed E-state index contributed by atoms with van der Waals surface area (Å²) in [5, 5.41) is 8.14. The second kappa shape index (κ2) is 7.06. The molecule has 3 heterocycles. The van der Waals surface area contributed by atoms with Crippen LogP contribution in [0, 0.1) is 0 Å². The number of aromatic amines is 1. The molecule has 4 rings (SSSR count). The first-order valence-electron chi connectivity index (χ1n) is 8.51. The standard InChI is InChI=1S/C17H16F3N5O2S/c1-10(22-24-6-8-27-9-7-24)13-14(17(18,19)20)23-25(15(13)26)16-21-11-4-2-3-5-12(11)28-16/h2-5,23H,6-9H2,1H3/b22-10-. The Morgan fingerprint density at radius 2 is 2.00 bits per heavy atom. The number of thiazole rings is 1. The van der Waals surface area contributed by atoms with Crippen LogP contribution in [-0.4, -0.2) is 51.8 Å². The number of aromatic nitrogens is 3. The van der Waals surface area contributed by atoms with Crippen molar-refractivity contribution in [3.63, 3.8) is 0 Å². The zero-order valence-corrected chi connectivity index (χ0v) is 15.6. The van der Waals surface area contributed by atoms with Crippen LogP contribution in [0.15, 0.2) is 34.2 Å². The average molecular weight is 411 g/mol. The van der Waals surface area contributed by atoms with Crippen molar-refractivity contribution >= 4 is 27.3 Å². The molecular weight excluding hydrogens is 395 g/mol. The lowest BCUT2D eigenvalue weighted by Gasteiger charge is -2.24. The van der Waals surface area contributed by atoms with E-state index in [0.29, 0.717) is 31.8 Å². The normalized spacial score (nSPS) is 16.1. The third-order valence-electron chi connectivity index (χ3n) is 4.29. The molecular formula is C17H16F3N5O2S. The summed E-state index contributed by atoms with van der Waals surface area (Å²) >= 11 is 1.13. The van der Waals surface area contributed by atoms with Gasteiger partial charge in [0.1, 0.15) is 0 Å². The van der Waals surface area contributed by atoms with E-state index in [-0.39, 0.29) is 10.8 Å². The quantitative estimate of drug-likeness (QED) is 0.673. The fourth-order valence-corrected chi connectivity index (χ4v) is 3.91. The summed E-state index contributed by atoms with van der Waals surface area (Å²) < 4.78 is 47.7. The van der Waals surface area contributed by atoms with Gasteiger partial charge >= 0.3 is 6.18 Å². The smallest absolute Gasteiger partial charge is 0.378 e. The lowest BCUT2D eigenvalue weighted by molar-refractivity contribution is -0.141. The van der Waals surface area contributed by atoms with E-state index in [2.05, 4.69) is 15.2 Å². The Morgan fingerprint density at radius 1 is 1.29 bits per heavy atom. The Morgan fingerprint density at radius 3 is 2.68 bits per heavy atom. The number of nitrogens with one attached hydrogen (secondary N) is 1. The van der Waals surface area contributed by atoms with Crippen molar-refractivity contribution in [3.8, 4) is 5.13 Å². The molecule has 1 aliphatic rings. The zero-order chi connectivity index (χ0) is 19.9. The van der Waals surface area contributed by atoms with Crippen molar-refractivity contribution < 1.29 is 17.9 Å². The molecule has 1 N–H and O–H groups in total. The lowest BCUT2D eigenvalue weighted by Crippen LogP contribution is -2.33. The number of para-hydroxylation sites is 1. The van der Waals surface area contributed by atoms with Gasteiger partial charge in [-0.15, -0.1) is 0 Å². The van der Waals surface area contributed by atoms with Gasteiger partial charge in [0.15, 0.2) is 5.69 Å². The number of ether oxygens (including phenoxy) is 1. The molecule has 2 aromatic heterocycles. The van der Waals surface area contributed by atoms with E-state index in [1.807, 2.05) is 0 Å². The second-order valence-electron chi connectivity index (χ2n) is 6.22. The Labute approximate surface area is 161 Å². The summed E-state index contributed by atoms with van der Waals surface area (Å²) in [5.41, 5.74) is -1.86. The van der Waals surface area contributed by atoms with Crippen molar-refractivity contribution in [2.75, 3.05) is 26.3 Å². The van der Waals surface area contributed by atoms with E-state index in [4.69, 9.17) is 4.74 Å². The van der Waals surface area contributed by atoms with Gasteiger partial charge in [0.2, 0.25) is 5.13 Å². The molecule has 0 unspecified atom stereocenters. The molecule has 1 fully saturated rings. The average Bonchev–Trinajstić information content (AvgIpc) is 3.23. The summed E-state index contributed by atoms with van der Waals surface area (Å²) in [6, 6.07) is 7.10. The van der Waals surface area contributed by atoms with Crippen molar-refractivity contribution in [1.29, 1.82) is 0 Å². The van der Waals surface area contributed by atoms with Gasteiger partial charge in [0.05, 0.1) is 47.8 Å². The molecule has 3 aromatic rings. The summed E-state index contributed by atoms with van der Waals surface area (Å²) in [4.78, 5) is 17.1. The highest BCUT2D eigenvalue weighted by molar-refractivity contribution is 7.20. The van der Waals surface area contributed by atoms with Crippen LogP contribution in [0.2, 0.25) is 0 Å². The van der Waals surface area contributed by atoms with Gasteiger partial charge in [-0.2, -0.15) is 23.0 Å². The number of hydrogen-bond donors (Lipinski definition) is 1. The maximum Gasteiger partial charge on any atom is 0.433 e. The van der Waals surface area contributed by atoms with E-state index in [0.717, 1.165) is 20.7 Å². The lowest BCUT2D eigenvalue weighted by atomic mass is 10.1. The predicted molar refractivity (Wildman–Crippen MR) is 99.2 cm³/mol. The molecule has 1 aromatic carbocycles. The van der Waals surface area contributed by atoms with E-state index >= 15 is 0 Å². The summed E-state index contributed by atoms with van der Waals surface area (Å²) in [6.07, 6.45) is -4.74. The maximum atomic E-state index is 13.6. The highest BCUT2D eigenvalue weighted by Gasteiger charge is 2.39. The molecule has 0 radical (unpaired) electrons. The topological polar surface area (TPSA) is 75.5 Å². The van der Waals surface area contributed by atoms with E-state index in [9.17, 15) is 18.0 Å². The second-order valence-corrected chi connectivity index (χ2v) is 7.22. The summed E-state index contributed by atoms with van der Waals surface area (Å²) in [7, 11) is 0. The monoisotopic (exact) mass is 411 g/mol. The number of rotatable bonds is 3. The summed E-state index contributed by atoms with van der Waals surface area (Å²) in [5.74, 6) is 0. The predicted octanol–water partition coefficient (Wildman–Crippen LogP) is 2.85. The van der Waals surface area contributed by atoms with Crippen LogP contribution in [0.1, 0.15) is 18.2 Å². The molecule has 28 heavy (non-hydrogen) atoms. The van der Waals surface area contributed by atoms with Gasteiger partial charge in [-0.05, 0) is 19.1 Å². The number of hydrazone groups is 1. The highest BCUT2D eigenvalue weighted by Crippen LogP contribution is 2.31. The SMILES string of the molecule is C/C(=N/N1CCOCC1)c1c(C(F)(F)F)[nH]n(-c2nc3ccccc3s2)c1=O. The molecule has 1 aliphatic heterocycles. The molecule has 0 saturated carbocycles. The Hall–Kier alpha value is -2.66. The highest BCUT2D eigenvalue weighted by atomic mass is 32.1. The van der Waals surface area contributed by atoms with Crippen molar-refractivity contribution in [2.45, 2.75) is 13.1 Å². The minimum atomic E-state index is -4.74. The van der Waals surface area contributed by atoms with Gasteiger partial charge in [-0.3, -0.25) is 14.9 Å². The minimum Gasteiger partial charge on any atom is -0.378 e. The van der Waals surface area contributed by atoms with Crippen LogP contribution < -0.4 is 5.56 Å². The molecule has 0 amide bonds. The molecule has 11 heteroatoms. The molecule has 148 valence electrons. The molecule has 0 aliphatic carbocycles. The number of morpholine rings is 1. The minimum absolute atomic E-state index is 0.00432. The largest absolute Gasteiger partial charge is 0.433 e. The van der Waals surface area contributed by atoms with Crippen LogP contribution in [0.4, 0.5) is 13.2 Å². The van der Waals surface area contributed by atoms with E-state index in [1.54, 1.807) is 29.3 Å². The number of H-pyrrole nitrogens is 1. The van der Waals surface area contributed by atoms with Crippen LogP contribution in [-0.2, 0) is 10.9 Å². The van der Waals surface area contributed by atoms with Gasteiger partial charge in [0.25, 0.3) is 5.56 Å².